The summed E-state index contributed by atoms with van der Waals surface area (Å²) in [7, 11) is -3.26. The van der Waals surface area contributed by atoms with E-state index in [-0.39, 0.29) is 6.61 Å². The van der Waals surface area contributed by atoms with Crippen molar-refractivity contribution in [3.8, 4) is 0 Å². The van der Waals surface area contributed by atoms with Gasteiger partial charge in [-0.3, -0.25) is 4.79 Å². The fourth-order valence-electron chi connectivity index (χ4n) is 0.632. The Kier molecular flexibility index (Phi) is 5.37. The van der Waals surface area contributed by atoms with Gasteiger partial charge in [-0.2, -0.15) is 0 Å². The topological polar surface area (TPSA) is 60.4 Å². The van der Waals surface area contributed by atoms with Crippen LogP contribution < -0.4 is 0 Å². The molecule has 0 aliphatic carbocycles. The van der Waals surface area contributed by atoms with Crippen LogP contribution in [0.1, 0.15) is 13.3 Å². The van der Waals surface area contributed by atoms with Crippen LogP contribution in [0.2, 0.25) is 0 Å². The van der Waals surface area contributed by atoms with E-state index in [9.17, 15) is 13.2 Å². The zero-order valence-corrected chi connectivity index (χ0v) is 8.63. The van der Waals surface area contributed by atoms with Crippen molar-refractivity contribution >= 4 is 15.8 Å². The van der Waals surface area contributed by atoms with Gasteiger partial charge in [-0.1, -0.05) is 19.1 Å². The Labute approximate surface area is 78.5 Å². The van der Waals surface area contributed by atoms with Gasteiger partial charge in [0.2, 0.25) is 0 Å². The molecular formula is C8H14O4S. The van der Waals surface area contributed by atoms with E-state index in [4.69, 9.17) is 0 Å². The molecule has 0 unspecified atom stereocenters. The maximum atomic E-state index is 10.8. The molecule has 0 aromatic rings. The van der Waals surface area contributed by atoms with Crippen LogP contribution in [-0.4, -0.2) is 33.0 Å². The van der Waals surface area contributed by atoms with Gasteiger partial charge in [0.15, 0.2) is 9.84 Å². The minimum Gasteiger partial charge on any atom is -0.461 e. The van der Waals surface area contributed by atoms with Crippen LogP contribution in [-0.2, 0) is 19.4 Å². The normalized spacial score (nSPS) is 11.8. The predicted octanol–water partition coefficient (Wildman–Crippen LogP) is 0.540. The van der Waals surface area contributed by atoms with Crippen molar-refractivity contribution in [3.05, 3.63) is 12.2 Å². The first kappa shape index (κ1) is 12.2. The summed E-state index contributed by atoms with van der Waals surface area (Å²) in [5, 5.41) is 0. The summed E-state index contributed by atoms with van der Waals surface area (Å²) in [4.78, 5) is 10.8. The van der Waals surface area contributed by atoms with Gasteiger partial charge in [-0.05, 0) is 6.42 Å². The molecule has 76 valence electrons. The molecule has 0 radical (unpaired) electrons. The van der Waals surface area contributed by atoms with Crippen molar-refractivity contribution in [2.75, 3.05) is 18.6 Å². The van der Waals surface area contributed by atoms with Crippen LogP contribution in [0.15, 0.2) is 12.2 Å². The van der Waals surface area contributed by atoms with Crippen molar-refractivity contribution in [1.29, 1.82) is 0 Å². The molecule has 0 fully saturated rings. The molecule has 4 nitrogen and oxygen atoms in total. The summed E-state index contributed by atoms with van der Waals surface area (Å²) in [6.45, 7) is 2.09. The maximum absolute atomic E-state index is 10.8. The molecule has 0 aromatic heterocycles. The number of allylic oxidation sites excluding steroid dienone is 1. The Bertz CT molecular complexity index is 277. The molecule has 5 heteroatoms. The third-order valence-corrected chi connectivity index (χ3v) is 1.88. The Morgan fingerprint density at radius 3 is 2.46 bits per heavy atom. The summed E-state index contributed by atoms with van der Waals surface area (Å²) in [6.07, 6.45) is 5.38. The monoisotopic (exact) mass is 206 g/mol. The third kappa shape index (κ3) is 9.07. The van der Waals surface area contributed by atoms with Crippen LogP contribution in [0, 0.1) is 0 Å². The van der Waals surface area contributed by atoms with Crippen LogP contribution in [0.3, 0.4) is 0 Å². The van der Waals surface area contributed by atoms with Gasteiger partial charge >= 0.3 is 5.97 Å². The van der Waals surface area contributed by atoms with E-state index in [1.165, 1.54) is 0 Å². The lowest BCUT2D eigenvalue weighted by molar-refractivity contribution is -0.139. The molecule has 0 rings (SSSR count). The molecule has 0 saturated carbocycles. The number of sulfone groups is 1. The highest BCUT2D eigenvalue weighted by Gasteiger charge is 2.10. The number of hydrogen-bond donors (Lipinski definition) is 0. The third-order valence-electron chi connectivity index (χ3n) is 1.12. The van der Waals surface area contributed by atoms with Crippen LogP contribution in [0.25, 0.3) is 0 Å². The van der Waals surface area contributed by atoms with Gasteiger partial charge in [0, 0.05) is 6.26 Å². The first-order valence-electron chi connectivity index (χ1n) is 3.94. The van der Waals surface area contributed by atoms with Crippen molar-refractivity contribution in [3.63, 3.8) is 0 Å². The molecular weight excluding hydrogens is 192 g/mol. The predicted molar refractivity (Wildman–Crippen MR) is 50.1 cm³/mol. The lowest BCUT2D eigenvalue weighted by Crippen LogP contribution is -2.17. The molecule has 0 aliphatic heterocycles. The molecule has 0 N–H and O–H groups in total. The quantitative estimate of drug-likeness (QED) is 0.486. The zero-order chi connectivity index (χ0) is 10.3. The number of carbonyl (C=O) groups excluding carboxylic acids is 1. The summed E-state index contributed by atoms with van der Waals surface area (Å²) in [5.41, 5.74) is 0. The van der Waals surface area contributed by atoms with Crippen molar-refractivity contribution in [2.45, 2.75) is 13.3 Å². The van der Waals surface area contributed by atoms with E-state index in [1.807, 2.05) is 13.0 Å². The standard InChI is InChI=1S/C8H14O4S/c1-3-4-5-6-12-8(9)7-13(2,10)11/h4-5H,3,6-7H2,1-2H3/b5-4+. The number of rotatable bonds is 5. The molecule has 0 heterocycles. The number of esters is 1. The van der Waals surface area contributed by atoms with Gasteiger partial charge in [-0.25, -0.2) is 8.42 Å². The zero-order valence-electron chi connectivity index (χ0n) is 7.82. The highest BCUT2D eigenvalue weighted by atomic mass is 32.2. The summed E-state index contributed by atoms with van der Waals surface area (Å²) < 4.78 is 25.8. The first-order valence-corrected chi connectivity index (χ1v) is 6.00. The fraction of sp³-hybridized carbons (Fsp3) is 0.625. The van der Waals surface area contributed by atoms with Crippen LogP contribution >= 0.6 is 0 Å². The van der Waals surface area contributed by atoms with Crippen molar-refractivity contribution in [1.82, 2.24) is 0 Å². The molecule has 0 saturated heterocycles. The Morgan fingerprint density at radius 1 is 1.38 bits per heavy atom. The van der Waals surface area contributed by atoms with Gasteiger partial charge in [0.05, 0.1) is 0 Å². The second-order valence-electron chi connectivity index (χ2n) is 2.63. The van der Waals surface area contributed by atoms with Crippen molar-refractivity contribution < 1.29 is 17.9 Å². The van der Waals surface area contributed by atoms with E-state index in [1.54, 1.807) is 6.08 Å². The lowest BCUT2D eigenvalue weighted by Gasteiger charge is -1.99. The summed E-state index contributed by atoms with van der Waals surface area (Å²) >= 11 is 0. The fourth-order valence-corrected chi connectivity index (χ4v) is 1.14. The summed E-state index contributed by atoms with van der Waals surface area (Å²) in [6, 6.07) is 0. The van der Waals surface area contributed by atoms with Crippen molar-refractivity contribution in [2.24, 2.45) is 0 Å². The van der Waals surface area contributed by atoms with Gasteiger partial charge in [0.25, 0.3) is 0 Å². The van der Waals surface area contributed by atoms with E-state index in [0.717, 1.165) is 12.7 Å². The average Bonchev–Trinajstić information content (AvgIpc) is 1.94. The lowest BCUT2D eigenvalue weighted by atomic mass is 10.4. The molecule has 0 atom stereocenters. The van der Waals surface area contributed by atoms with Gasteiger partial charge in [0.1, 0.15) is 12.4 Å². The van der Waals surface area contributed by atoms with E-state index < -0.39 is 21.6 Å². The highest BCUT2D eigenvalue weighted by molar-refractivity contribution is 7.91. The van der Waals surface area contributed by atoms with Gasteiger partial charge < -0.3 is 4.74 Å². The minimum absolute atomic E-state index is 0.141. The number of hydrogen-bond acceptors (Lipinski definition) is 4. The Morgan fingerprint density at radius 2 is 2.00 bits per heavy atom. The highest BCUT2D eigenvalue weighted by Crippen LogP contribution is 1.88. The van der Waals surface area contributed by atoms with E-state index in [0.29, 0.717) is 0 Å². The van der Waals surface area contributed by atoms with Crippen LogP contribution in [0.4, 0.5) is 0 Å². The molecule has 0 bridgehead atoms. The number of ether oxygens (including phenoxy) is 1. The average molecular weight is 206 g/mol. The Balaban J connectivity index is 3.71. The molecule has 0 spiro atoms. The number of carbonyl (C=O) groups is 1. The smallest absolute Gasteiger partial charge is 0.321 e. The SMILES string of the molecule is CC/C=C/COC(=O)CS(C)(=O)=O. The van der Waals surface area contributed by atoms with E-state index in [2.05, 4.69) is 4.74 Å². The molecule has 0 aromatic carbocycles. The second kappa shape index (κ2) is 5.75. The van der Waals surface area contributed by atoms with Crippen LogP contribution in [0.5, 0.6) is 0 Å². The first-order chi connectivity index (χ1) is 5.95. The second-order valence-corrected chi connectivity index (χ2v) is 4.77. The summed E-state index contributed by atoms with van der Waals surface area (Å²) in [5.74, 6) is -1.25. The largest absolute Gasteiger partial charge is 0.461 e. The minimum atomic E-state index is -3.26. The Hall–Kier alpha value is -0.840. The maximum Gasteiger partial charge on any atom is 0.321 e. The molecule has 0 aliphatic rings. The van der Waals surface area contributed by atoms with Gasteiger partial charge in [-0.15, -0.1) is 0 Å². The molecule has 0 amide bonds. The molecule has 13 heavy (non-hydrogen) atoms. The van der Waals surface area contributed by atoms with E-state index >= 15 is 0 Å².